The second kappa shape index (κ2) is 6.40. The maximum atomic E-state index is 12.3. The number of rotatable bonds is 2. The van der Waals surface area contributed by atoms with E-state index < -0.39 is 5.60 Å². The van der Waals surface area contributed by atoms with Crippen molar-refractivity contribution in [2.45, 2.75) is 52.2 Å². The number of amides is 1. The van der Waals surface area contributed by atoms with Gasteiger partial charge in [0.1, 0.15) is 5.60 Å². The van der Waals surface area contributed by atoms with Gasteiger partial charge in [0.05, 0.1) is 0 Å². The molecule has 126 valence electrons. The number of hydroxylamine groups is 2. The van der Waals surface area contributed by atoms with Crippen LogP contribution in [0.15, 0.2) is 18.2 Å². The minimum absolute atomic E-state index is 0.242. The van der Waals surface area contributed by atoms with E-state index in [9.17, 15) is 4.79 Å². The van der Waals surface area contributed by atoms with E-state index in [0.29, 0.717) is 13.1 Å². The van der Waals surface area contributed by atoms with Crippen LogP contribution in [-0.4, -0.2) is 41.3 Å². The summed E-state index contributed by atoms with van der Waals surface area (Å²) in [6, 6.07) is 6.10. The van der Waals surface area contributed by atoms with Gasteiger partial charge in [0, 0.05) is 31.7 Å². The SMILES string of the molecule is CC(C)(C)OC(=O)N1CCc2c(cccc2ON2CCCC2)C1. The maximum Gasteiger partial charge on any atom is 0.410 e. The lowest BCUT2D eigenvalue weighted by Crippen LogP contribution is -2.40. The van der Waals surface area contributed by atoms with E-state index in [1.54, 1.807) is 4.90 Å². The van der Waals surface area contributed by atoms with E-state index in [4.69, 9.17) is 9.57 Å². The largest absolute Gasteiger partial charge is 0.444 e. The van der Waals surface area contributed by atoms with Crippen molar-refractivity contribution in [3.63, 3.8) is 0 Å². The fraction of sp³-hybridized carbons (Fsp3) is 0.611. The Bertz CT molecular complexity index is 574. The number of benzene rings is 1. The van der Waals surface area contributed by atoms with Gasteiger partial charge in [-0.1, -0.05) is 12.1 Å². The highest BCUT2D eigenvalue weighted by atomic mass is 16.7. The molecule has 0 saturated carbocycles. The smallest absolute Gasteiger partial charge is 0.410 e. The molecule has 2 aliphatic rings. The molecule has 3 rings (SSSR count). The van der Waals surface area contributed by atoms with Crippen LogP contribution in [0.4, 0.5) is 4.79 Å². The summed E-state index contributed by atoms with van der Waals surface area (Å²) >= 11 is 0. The molecule has 1 aromatic rings. The molecule has 0 radical (unpaired) electrons. The summed E-state index contributed by atoms with van der Waals surface area (Å²) in [7, 11) is 0. The highest BCUT2D eigenvalue weighted by Crippen LogP contribution is 2.30. The first-order chi connectivity index (χ1) is 10.9. The van der Waals surface area contributed by atoms with E-state index in [0.717, 1.165) is 30.8 Å². The van der Waals surface area contributed by atoms with Crippen molar-refractivity contribution in [2.75, 3.05) is 19.6 Å². The third kappa shape index (κ3) is 3.96. The van der Waals surface area contributed by atoms with Crippen molar-refractivity contribution in [3.05, 3.63) is 29.3 Å². The van der Waals surface area contributed by atoms with Crippen LogP contribution >= 0.6 is 0 Å². The van der Waals surface area contributed by atoms with Gasteiger partial charge < -0.3 is 14.5 Å². The number of nitrogens with zero attached hydrogens (tertiary/aromatic N) is 2. The van der Waals surface area contributed by atoms with Crippen molar-refractivity contribution in [1.29, 1.82) is 0 Å². The molecular weight excluding hydrogens is 292 g/mol. The Balaban J connectivity index is 1.70. The topological polar surface area (TPSA) is 42.0 Å². The van der Waals surface area contributed by atoms with Crippen LogP contribution in [0.5, 0.6) is 5.75 Å². The van der Waals surface area contributed by atoms with E-state index >= 15 is 0 Å². The molecule has 23 heavy (non-hydrogen) atoms. The van der Waals surface area contributed by atoms with Gasteiger partial charge in [0.2, 0.25) is 0 Å². The van der Waals surface area contributed by atoms with Gasteiger partial charge in [-0.05, 0) is 51.7 Å². The number of carbonyl (C=O) groups excluding carboxylic acids is 1. The van der Waals surface area contributed by atoms with Gasteiger partial charge in [-0.2, -0.15) is 0 Å². The molecule has 1 fully saturated rings. The van der Waals surface area contributed by atoms with Gasteiger partial charge in [0.25, 0.3) is 0 Å². The zero-order chi connectivity index (χ0) is 16.4. The zero-order valence-corrected chi connectivity index (χ0v) is 14.3. The van der Waals surface area contributed by atoms with Crippen LogP contribution < -0.4 is 4.84 Å². The summed E-state index contributed by atoms with van der Waals surface area (Å²) in [4.78, 5) is 20.1. The molecule has 2 heterocycles. The maximum absolute atomic E-state index is 12.3. The Hall–Kier alpha value is -1.75. The highest BCUT2D eigenvalue weighted by Gasteiger charge is 2.27. The number of hydrogen-bond donors (Lipinski definition) is 0. The van der Waals surface area contributed by atoms with Crippen molar-refractivity contribution in [2.24, 2.45) is 0 Å². The summed E-state index contributed by atoms with van der Waals surface area (Å²) in [6.07, 6.45) is 2.95. The second-order valence-corrected chi connectivity index (χ2v) is 7.27. The molecular formula is C18H26N2O3. The lowest BCUT2D eigenvalue weighted by Gasteiger charge is -2.32. The van der Waals surface area contributed by atoms with Crippen LogP contribution in [0, 0.1) is 0 Å². The lowest BCUT2D eigenvalue weighted by molar-refractivity contribution is -0.0361. The molecule has 1 amide bonds. The average molecular weight is 318 g/mol. The number of hydrogen-bond acceptors (Lipinski definition) is 4. The Morgan fingerprint density at radius 3 is 2.57 bits per heavy atom. The first kappa shape index (κ1) is 16.1. The predicted octanol–water partition coefficient (Wildman–Crippen LogP) is 3.37. The van der Waals surface area contributed by atoms with Gasteiger partial charge >= 0.3 is 6.09 Å². The van der Waals surface area contributed by atoms with Crippen molar-refractivity contribution in [1.82, 2.24) is 9.96 Å². The molecule has 0 aromatic heterocycles. The van der Waals surface area contributed by atoms with E-state index in [2.05, 4.69) is 6.07 Å². The summed E-state index contributed by atoms with van der Waals surface area (Å²) in [5, 5.41) is 2.04. The molecule has 0 atom stereocenters. The number of carbonyl (C=O) groups is 1. The van der Waals surface area contributed by atoms with E-state index in [1.807, 2.05) is 38.0 Å². The zero-order valence-electron chi connectivity index (χ0n) is 14.3. The van der Waals surface area contributed by atoms with Crippen molar-refractivity contribution >= 4 is 6.09 Å². The molecule has 2 aliphatic heterocycles. The summed E-state index contributed by atoms with van der Waals surface area (Å²) in [6.45, 7) is 8.92. The Labute approximate surface area is 138 Å². The standard InChI is InChI=1S/C18H26N2O3/c1-18(2,3)22-17(21)19-12-9-15-14(13-19)7-6-8-16(15)23-20-10-4-5-11-20/h6-8H,4-5,9-13H2,1-3H3. The minimum atomic E-state index is -0.460. The monoisotopic (exact) mass is 318 g/mol. The molecule has 5 heteroatoms. The summed E-state index contributed by atoms with van der Waals surface area (Å²) in [5.41, 5.74) is 1.91. The van der Waals surface area contributed by atoms with Crippen LogP contribution in [0.3, 0.4) is 0 Å². The Kier molecular flexibility index (Phi) is 4.48. The normalized spacial score (nSPS) is 18.7. The number of fused-ring (bicyclic) bond motifs is 1. The third-order valence-electron chi connectivity index (χ3n) is 4.17. The highest BCUT2D eigenvalue weighted by molar-refractivity contribution is 5.69. The first-order valence-electron chi connectivity index (χ1n) is 8.44. The molecule has 0 spiro atoms. The van der Waals surface area contributed by atoms with Gasteiger partial charge in [-0.25, -0.2) is 4.79 Å². The van der Waals surface area contributed by atoms with E-state index in [1.165, 1.54) is 18.4 Å². The van der Waals surface area contributed by atoms with Crippen molar-refractivity contribution in [3.8, 4) is 5.75 Å². The molecule has 0 unspecified atom stereocenters. The third-order valence-corrected chi connectivity index (χ3v) is 4.17. The molecule has 0 aliphatic carbocycles. The van der Waals surface area contributed by atoms with Crippen LogP contribution in [0.25, 0.3) is 0 Å². The Morgan fingerprint density at radius 1 is 1.13 bits per heavy atom. The fourth-order valence-electron chi connectivity index (χ4n) is 3.06. The number of ether oxygens (including phenoxy) is 1. The van der Waals surface area contributed by atoms with E-state index in [-0.39, 0.29) is 6.09 Å². The lowest BCUT2D eigenvalue weighted by atomic mass is 9.99. The molecule has 5 nitrogen and oxygen atoms in total. The van der Waals surface area contributed by atoms with Crippen LogP contribution in [0.2, 0.25) is 0 Å². The predicted molar refractivity (Wildman–Crippen MR) is 88.2 cm³/mol. The van der Waals surface area contributed by atoms with Crippen molar-refractivity contribution < 1.29 is 14.4 Å². The quantitative estimate of drug-likeness (QED) is 0.838. The second-order valence-electron chi connectivity index (χ2n) is 7.27. The first-order valence-corrected chi connectivity index (χ1v) is 8.44. The molecule has 0 bridgehead atoms. The van der Waals surface area contributed by atoms with Crippen LogP contribution in [-0.2, 0) is 17.7 Å². The molecule has 1 aromatic carbocycles. The minimum Gasteiger partial charge on any atom is -0.444 e. The molecule has 0 N–H and O–H groups in total. The Morgan fingerprint density at radius 2 is 1.87 bits per heavy atom. The summed E-state index contributed by atoms with van der Waals surface area (Å²) < 4.78 is 5.48. The van der Waals surface area contributed by atoms with Gasteiger partial charge in [0.15, 0.2) is 5.75 Å². The fourth-order valence-corrected chi connectivity index (χ4v) is 3.06. The van der Waals surface area contributed by atoms with Gasteiger partial charge in [-0.15, -0.1) is 5.06 Å². The van der Waals surface area contributed by atoms with Gasteiger partial charge in [-0.3, -0.25) is 0 Å². The summed E-state index contributed by atoms with van der Waals surface area (Å²) in [5.74, 6) is 0.938. The van der Waals surface area contributed by atoms with Crippen LogP contribution in [0.1, 0.15) is 44.7 Å². The average Bonchev–Trinajstić information content (AvgIpc) is 2.98. The molecule has 1 saturated heterocycles.